The summed E-state index contributed by atoms with van der Waals surface area (Å²) in [7, 11) is 0. The van der Waals surface area contributed by atoms with Crippen LogP contribution in [0.4, 0.5) is 0 Å². The molecule has 3 heteroatoms. The van der Waals surface area contributed by atoms with Gasteiger partial charge in [-0.15, -0.1) is 0 Å². The molecule has 0 spiro atoms. The molecule has 17 heavy (non-hydrogen) atoms. The van der Waals surface area contributed by atoms with Crippen LogP contribution in [0.3, 0.4) is 0 Å². The smallest absolute Gasteiger partial charge is 0.114 e. The molecule has 0 aliphatic carbocycles. The zero-order chi connectivity index (χ0) is 11.9. The van der Waals surface area contributed by atoms with Crippen LogP contribution in [0.1, 0.15) is 12.5 Å². The SMILES string of the molecule is CCOC(Cc1ccccc1)N1CCNCC1. The van der Waals surface area contributed by atoms with Gasteiger partial charge >= 0.3 is 0 Å². The Morgan fingerprint density at radius 1 is 1.24 bits per heavy atom. The molecular formula is C14H22N2O. The van der Waals surface area contributed by atoms with Gasteiger partial charge in [-0.2, -0.15) is 0 Å². The van der Waals surface area contributed by atoms with E-state index in [-0.39, 0.29) is 6.23 Å². The van der Waals surface area contributed by atoms with E-state index in [0.29, 0.717) is 0 Å². The molecule has 94 valence electrons. The van der Waals surface area contributed by atoms with Crippen LogP contribution in [0.2, 0.25) is 0 Å². The van der Waals surface area contributed by atoms with Crippen molar-refractivity contribution in [3.63, 3.8) is 0 Å². The fourth-order valence-corrected chi connectivity index (χ4v) is 2.27. The maximum Gasteiger partial charge on any atom is 0.114 e. The van der Waals surface area contributed by atoms with Crippen molar-refractivity contribution in [3.05, 3.63) is 35.9 Å². The average Bonchev–Trinajstić information content (AvgIpc) is 2.40. The van der Waals surface area contributed by atoms with E-state index in [1.54, 1.807) is 0 Å². The van der Waals surface area contributed by atoms with Crippen molar-refractivity contribution in [2.24, 2.45) is 0 Å². The van der Waals surface area contributed by atoms with E-state index in [0.717, 1.165) is 39.2 Å². The Hall–Kier alpha value is -0.900. The second kappa shape index (κ2) is 6.74. The number of hydrogen-bond donors (Lipinski definition) is 1. The summed E-state index contributed by atoms with van der Waals surface area (Å²) in [6, 6.07) is 10.6. The van der Waals surface area contributed by atoms with E-state index >= 15 is 0 Å². The van der Waals surface area contributed by atoms with Crippen molar-refractivity contribution < 1.29 is 4.74 Å². The summed E-state index contributed by atoms with van der Waals surface area (Å²) in [5, 5.41) is 3.38. The first-order chi connectivity index (χ1) is 8.40. The second-order valence-electron chi connectivity index (χ2n) is 4.39. The zero-order valence-corrected chi connectivity index (χ0v) is 10.6. The molecule has 0 radical (unpaired) electrons. The van der Waals surface area contributed by atoms with Crippen LogP contribution in [-0.4, -0.2) is 43.9 Å². The lowest BCUT2D eigenvalue weighted by Crippen LogP contribution is -2.50. The number of piperazine rings is 1. The predicted molar refractivity (Wildman–Crippen MR) is 70.0 cm³/mol. The van der Waals surface area contributed by atoms with E-state index < -0.39 is 0 Å². The molecule has 1 N–H and O–H groups in total. The molecule has 1 aromatic rings. The first-order valence-electron chi connectivity index (χ1n) is 6.50. The van der Waals surface area contributed by atoms with Crippen molar-refractivity contribution in [1.29, 1.82) is 0 Å². The number of rotatable bonds is 5. The predicted octanol–water partition coefficient (Wildman–Crippen LogP) is 1.50. The molecule has 0 amide bonds. The number of ether oxygens (including phenoxy) is 1. The maximum atomic E-state index is 5.88. The molecule has 1 aliphatic heterocycles. The molecule has 1 heterocycles. The van der Waals surface area contributed by atoms with Crippen LogP contribution in [0.5, 0.6) is 0 Å². The summed E-state index contributed by atoms with van der Waals surface area (Å²) in [4.78, 5) is 2.44. The molecule has 2 rings (SSSR count). The van der Waals surface area contributed by atoms with Gasteiger partial charge in [0.25, 0.3) is 0 Å². The van der Waals surface area contributed by atoms with Gasteiger partial charge in [-0.3, -0.25) is 4.90 Å². The van der Waals surface area contributed by atoms with Crippen LogP contribution < -0.4 is 5.32 Å². The van der Waals surface area contributed by atoms with Gasteiger partial charge in [-0.25, -0.2) is 0 Å². The Morgan fingerprint density at radius 3 is 2.59 bits per heavy atom. The van der Waals surface area contributed by atoms with E-state index in [1.807, 2.05) is 0 Å². The Balaban J connectivity index is 1.96. The van der Waals surface area contributed by atoms with Crippen LogP contribution >= 0.6 is 0 Å². The third kappa shape index (κ3) is 3.80. The fraction of sp³-hybridized carbons (Fsp3) is 0.571. The van der Waals surface area contributed by atoms with Gasteiger partial charge in [-0.1, -0.05) is 30.3 Å². The number of benzene rings is 1. The third-order valence-corrected chi connectivity index (χ3v) is 3.17. The molecule has 0 aromatic heterocycles. The minimum absolute atomic E-state index is 0.226. The highest BCUT2D eigenvalue weighted by molar-refractivity contribution is 5.15. The van der Waals surface area contributed by atoms with Crippen molar-refractivity contribution in [2.75, 3.05) is 32.8 Å². The normalized spacial score (nSPS) is 19.1. The second-order valence-corrected chi connectivity index (χ2v) is 4.39. The highest BCUT2D eigenvalue weighted by atomic mass is 16.5. The molecule has 1 unspecified atom stereocenters. The third-order valence-electron chi connectivity index (χ3n) is 3.17. The fourth-order valence-electron chi connectivity index (χ4n) is 2.27. The van der Waals surface area contributed by atoms with Gasteiger partial charge in [0.1, 0.15) is 6.23 Å². The summed E-state index contributed by atoms with van der Waals surface area (Å²) < 4.78 is 5.88. The lowest BCUT2D eigenvalue weighted by Gasteiger charge is -2.34. The Kier molecular flexibility index (Phi) is 4.98. The lowest BCUT2D eigenvalue weighted by molar-refractivity contribution is -0.0584. The topological polar surface area (TPSA) is 24.5 Å². The van der Waals surface area contributed by atoms with Crippen LogP contribution in [-0.2, 0) is 11.2 Å². The maximum absolute atomic E-state index is 5.88. The summed E-state index contributed by atoms with van der Waals surface area (Å²) >= 11 is 0. The van der Waals surface area contributed by atoms with Crippen molar-refractivity contribution in [3.8, 4) is 0 Å². The monoisotopic (exact) mass is 234 g/mol. The van der Waals surface area contributed by atoms with Gasteiger partial charge < -0.3 is 10.1 Å². The molecule has 1 atom stereocenters. The van der Waals surface area contributed by atoms with E-state index in [2.05, 4.69) is 47.5 Å². The largest absolute Gasteiger partial charge is 0.363 e. The van der Waals surface area contributed by atoms with Crippen LogP contribution in [0.25, 0.3) is 0 Å². The minimum atomic E-state index is 0.226. The molecule has 3 nitrogen and oxygen atoms in total. The van der Waals surface area contributed by atoms with E-state index in [9.17, 15) is 0 Å². The summed E-state index contributed by atoms with van der Waals surface area (Å²) in [5.41, 5.74) is 1.35. The van der Waals surface area contributed by atoms with Gasteiger partial charge in [0, 0.05) is 39.2 Å². The summed E-state index contributed by atoms with van der Waals surface area (Å²) in [5.74, 6) is 0. The molecule has 1 fully saturated rings. The van der Waals surface area contributed by atoms with Gasteiger partial charge in [0.15, 0.2) is 0 Å². The molecule has 1 saturated heterocycles. The van der Waals surface area contributed by atoms with E-state index in [1.165, 1.54) is 5.56 Å². The van der Waals surface area contributed by atoms with Gasteiger partial charge in [0.2, 0.25) is 0 Å². The van der Waals surface area contributed by atoms with Crippen LogP contribution in [0.15, 0.2) is 30.3 Å². The Labute approximate surface area is 104 Å². The Morgan fingerprint density at radius 2 is 1.94 bits per heavy atom. The lowest BCUT2D eigenvalue weighted by atomic mass is 10.1. The molecule has 0 saturated carbocycles. The number of nitrogens with one attached hydrogen (secondary N) is 1. The van der Waals surface area contributed by atoms with Gasteiger partial charge in [-0.05, 0) is 12.5 Å². The number of hydrogen-bond acceptors (Lipinski definition) is 3. The molecular weight excluding hydrogens is 212 g/mol. The quantitative estimate of drug-likeness (QED) is 0.835. The van der Waals surface area contributed by atoms with Crippen molar-refractivity contribution in [1.82, 2.24) is 10.2 Å². The highest BCUT2D eigenvalue weighted by Gasteiger charge is 2.20. The minimum Gasteiger partial charge on any atom is -0.363 e. The Bertz CT molecular complexity index is 309. The van der Waals surface area contributed by atoms with Gasteiger partial charge in [0.05, 0.1) is 0 Å². The first-order valence-corrected chi connectivity index (χ1v) is 6.50. The van der Waals surface area contributed by atoms with Crippen molar-refractivity contribution in [2.45, 2.75) is 19.6 Å². The standard InChI is InChI=1S/C14H22N2O/c1-2-17-14(16-10-8-15-9-11-16)12-13-6-4-3-5-7-13/h3-7,14-15H,2,8-12H2,1H3. The van der Waals surface area contributed by atoms with Crippen molar-refractivity contribution >= 4 is 0 Å². The first kappa shape index (κ1) is 12.6. The number of nitrogens with zero attached hydrogens (tertiary/aromatic N) is 1. The molecule has 0 bridgehead atoms. The zero-order valence-electron chi connectivity index (χ0n) is 10.6. The van der Waals surface area contributed by atoms with Crippen LogP contribution in [0, 0.1) is 0 Å². The molecule has 1 aliphatic rings. The summed E-state index contributed by atoms with van der Waals surface area (Å²) in [6.45, 7) is 7.15. The molecule has 1 aromatic carbocycles. The highest BCUT2D eigenvalue weighted by Crippen LogP contribution is 2.11. The average molecular weight is 234 g/mol. The summed E-state index contributed by atoms with van der Waals surface area (Å²) in [6.07, 6.45) is 1.21. The van der Waals surface area contributed by atoms with E-state index in [4.69, 9.17) is 4.74 Å².